The molecule has 3 nitrogen and oxygen atoms in total. The highest BCUT2D eigenvalue weighted by Gasteiger charge is 1.98. The number of nitrogens with zero attached hydrogens (tertiary/aromatic N) is 3. The highest BCUT2D eigenvalue weighted by atomic mass is 15.7. The van der Waals surface area contributed by atoms with Crippen molar-refractivity contribution in [3.05, 3.63) is 0 Å². The first-order valence-electron chi connectivity index (χ1n) is 2.96. The van der Waals surface area contributed by atoms with Crippen LogP contribution in [0.1, 0.15) is 20.8 Å². The summed E-state index contributed by atoms with van der Waals surface area (Å²) in [5.74, 6) is 0. The summed E-state index contributed by atoms with van der Waals surface area (Å²) < 4.78 is 0. The van der Waals surface area contributed by atoms with Gasteiger partial charge in [0.15, 0.2) is 0 Å². The third kappa shape index (κ3) is 2.85. The van der Waals surface area contributed by atoms with Gasteiger partial charge in [0.1, 0.15) is 0 Å². The Balaban J connectivity index is 3.82. The molecule has 0 aliphatic heterocycles. The molecule has 0 aliphatic rings. The quantitative estimate of drug-likeness (QED) is 0.415. The minimum absolute atomic E-state index is 0.290. The lowest BCUT2D eigenvalue weighted by Gasteiger charge is -2.14. The predicted molar refractivity (Wildman–Crippen MR) is 40.7 cm³/mol. The molecule has 0 rings (SSSR count). The zero-order valence-corrected chi connectivity index (χ0v) is 6.20. The minimum atomic E-state index is 0.290. The molecule has 0 bridgehead atoms. The molecule has 0 heterocycles. The van der Waals surface area contributed by atoms with Crippen molar-refractivity contribution in [1.29, 1.82) is 0 Å². The van der Waals surface area contributed by atoms with Crippen LogP contribution in [0.25, 0.3) is 0 Å². The fraction of sp³-hybridized carbons (Fsp3) is 0.667. The van der Waals surface area contributed by atoms with E-state index in [1.165, 1.54) is 0 Å². The van der Waals surface area contributed by atoms with Crippen molar-refractivity contribution in [3.63, 3.8) is 0 Å². The van der Waals surface area contributed by atoms with E-state index in [1.54, 1.807) is 11.3 Å². The van der Waals surface area contributed by atoms with E-state index in [-0.39, 0.29) is 0 Å². The standard InChI is InChI=1S/C6H13N3/c1-5-8-9(7-4)6(2)3/h5-6H,4H2,1-3H3/b8-5-. The predicted octanol–water partition coefficient (Wildman–Crippen LogP) is 1.32. The third-order valence-corrected chi connectivity index (χ3v) is 0.841. The Bertz CT molecular complexity index is 107. The summed E-state index contributed by atoms with van der Waals surface area (Å²) in [7, 11) is 0. The fourth-order valence-electron chi connectivity index (χ4n) is 0.451. The summed E-state index contributed by atoms with van der Waals surface area (Å²) >= 11 is 0. The molecule has 52 valence electrons. The summed E-state index contributed by atoms with van der Waals surface area (Å²) in [6.45, 7) is 9.21. The Kier molecular flexibility index (Phi) is 3.67. The maximum atomic E-state index is 3.92. The van der Waals surface area contributed by atoms with Gasteiger partial charge < -0.3 is 0 Å². The zero-order valence-electron chi connectivity index (χ0n) is 6.20. The average molecular weight is 127 g/mol. The maximum absolute atomic E-state index is 3.92. The molecule has 0 aromatic heterocycles. The topological polar surface area (TPSA) is 28.0 Å². The van der Waals surface area contributed by atoms with Gasteiger partial charge in [-0.05, 0) is 20.8 Å². The Labute approximate surface area is 56.1 Å². The molecule has 3 heteroatoms. The van der Waals surface area contributed by atoms with Crippen molar-refractivity contribution in [2.24, 2.45) is 10.2 Å². The molecule has 0 aromatic rings. The van der Waals surface area contributed by atoms with Crippen LogP contribution in [0.15, 0.2) is 10.2 Å². The van der Waals surface area contributed by atoms with Crippen molar-refractivity contribution in [2.75, 3.05) is 0 Å². The summed E-state index contributed by atoms with van der Waals surface area (Å²) in [6, 6.07) is 0.290. The van der Waals surface area contributed by atoms with E-state index in [0.29, 0.717) is 6.04 Å². The number of hydrogen-bond donors (Lipinski definition) is 0. The molecule has 0 aliphatic carbocycles. The van der Waals surface area contributed by atoms with Crippen molar-refractivity contribution in [1.82, 2.24) is 5.12 Å². The van der Waals surface area contributed by atoms with Crippen LogP contribution in [-0.2, 0) is 0 Å². The highest BCUT2D eigenvalue weighted by molar-refractivity contribution is 5.52. The average Bonchev–Trinajstić information content (AvgIpc) is 1.82. The fourth-order valence-corrected chi connectivity index (χ4v) is 0.451. The number of hydrogen-bond acceptors (Lipinski definition) is 3. The first kappa shape index (κ1) is 8.14. The van der Waals surface area contributed by atoms with Gasteiger partial charge in [-0.1, -0.05) is 0 Å². The molecule has 0 amide bonds. The van der Waals surface area contributed by atoms with Crippen LogP contribution < -0.4 is 0 Å². The van der Waals surface area contributed by atoms with Gasteiger partial charge in [-0.2, -0.15) is 15.3 Å². The lowest BCUT2D eigenvalue weighted by atomic mass is 10.4. The summed E-state index contributed by atoms with van der Waals surface area (Å²) in [6.07, 6.45) is 1.69. The van der Waals surface area contributed by atoms with Crippen LogP contribution in [0.2, 0.25) is 0 Å². The van der Waals surface area contributed by atoms with Crippen molar-refractivity contribution < 1.29 is 0 Å². The van der Waals surface area contributed by atoms with Gasteiger partial charge in [0.2, 0.25) is 0 Å². The molecule has 0 atom stereocenters. The second kappa shape index (κ2) is 4.06. The van der Waals surface area contributed by atoms with Crippen LogP contribution in [-0.4, -0.2) is 24.1 Å². The van der Waals surface area contributed by atoms with E-state index in [1.807, 2.05) is 20.8 Å². The van der Waals surface area contributed by atoms with Crippen molar-refractivity contribution in [2.45, 2.75) is 26.8 Å². The van der Waals surface area contributed by atoms with Gasteiger partial charge in [-0.25, -0.2) is 0 Å². The third-order valence-electron chi connectivity index (χ3n) is 0.841. The van der Waals surface area contributed by atoms with Gasteiger partial charge in [0.05, 0.1) is 6.04 Å². The van der Waals surface area contributed by atoms with Gasteiger partial charge >= 0.3 is 0 Å². The normalized spacial score (nSPS) is 10.7. The van der Waals surface area contributed by atoms with Crippen LogP contribution >= 0.6 is 0 Å². The number of hydrazone groups is 2. The second-order valence-corrected chi connectivity index (χ2v) is 1.93. The van der Waals surface area contributed by atoms with E-state index in [4.69, 9.17) is 0 Å². The van der Waals surface area contributed by atoms with Crippen LogP contribution in [0.4, 0.5) is 0 Å². The van der Waals surface area contributed by atoms with E-state index in [0.717, 1.165) is 0 Å². The Morgan fingerprint density at radius 1 is 1.56 bits per heavy atom. The van der Waals surface area contributed by atoms with E-state index in [9.17, 15) is 0 Å². The Morgan fingerprint density at radius 2 is 2.11 bits per heavy atom. The smallest absolute Gasteiger partial charge is 0.0659 e. The summed E-state index contributed by atoms with van der Waals surface area (Å²) in [5.41, 5.74) is 0. The summed E-state index contributed by atoms with van der Waals surface area (Å²) in [5, 5.41) is 9.14. The molecular weight excluding hydrogens is 114 g/mol. The molecule has 0 spiro atoms. The van der Waals surface area contributed by atoms with Crippen LogP contribution in [0, 0.1) is 0 Å². The van der Waals surface area contributed by atoms with E-state index in [2.05, 4.69) is 16.9 Å². The molecule has 0 radical (unpaired) electrons. The first-order valence-corrected chi connectivity index (χ1v) is 2.96. The van der Waals surface area contributed by atoms with Gasteiger partial charge in [-0.15, -0.1) is 0 Å². The first-order chi connectivity index (χ1) is 4.22. The lowest BCUT2D eigenvalue weighted by Crippen LogP contribution is -2.18. The monoisotopic (exact) mass is 127 g/mol. The summed E-state index contributed by atoms with van der Waals surface area (Å²) in [4.78, 5) is 0. The molecular formula is C6H13N3. The highest BCUT2D eigenvalue weighted by Crippen LogP contribution is 1.96. The lowest BCUT2D eigenvalue weighted by molar-refractivity contribution is 0.248. The largest absolute Gasteiger partial charge is 0.183 e. The van der Waals surface area contributed by atoms with Crippen molar-refractivity contribution in [3.8, 4) is 0 Å². The van der Waals surface area contributed by atoms with Gasteiger partial charge in [0.25, 0.3) is 0 Å². The van der Waals surface area contributed by atoms with E-state index < -0.39 is 0 Å². The molecule has 9 heavy (non-hydrogen) atoms. The molecule has 0 fully saturated rings. The SMILES string of the molecule is C=NN(/N=C\C)C(C)C. The van der Waals surface area contributed by atoms with Crippen LogP contribution in [0.3, 0.4) is 0 Å². The molecule has 0 unspecified atom stereocenters. The Hall–Kier alpha value is -0.860. The van der Waals surface area contributed by atoms with Crippen LogP contribution in [0.5, 0.6) is 0 Å². The van der Waals surface area contributed by atoms with Crippen molar-refractivity contribution >= 4 is 12.9 Å². The van der Waals surface area contributed by atoms with Gasteiger partial charge in [0, 0.05) is 12.9 Å². The van der Waals surface area contributed by atoms with E-state index >= 15 is 0 Å². The maximum Gasteiger partial charge on any atom is 0.0659 e. The Morgan fingerprint density at radius 3 is 2.22 bits per heavy atom. The molecule has 0 aromatic carbocycles. The van der Waals surface area contributed by atoms with Gasteiger partial charge in [-0.3, -0.25) is 0 Å². The second-order valence-electron chi connectivity index (χ2n) is 1.93. The molecule has 0 N–H and O–H groups in total. The number of rotatable bonds is 3. The minimum Gasteiger partial charge on any atom is -0.183 e. The zero-order chi connectivity index (χ0) is 7.28. The molecule has 0 saturated heterocycles. The molecule has 0 saturated carbocycles.